The Labute approximate surface area is 215 Å². The molecule has 0 bridgehead atoms. The number of carbonyl (C=O) groups is 2. The van der Waals surface area contributed by atoms with Gasteiger partial charge in [-0.3, -0.25) is 14.5 Å². The number of carbonyl (C=O) groups excluding carboxylic acids is 2. The van der Waals surface area contributed by atoms with Gasteiger partial charge in [-0.05, 0) is 74.4 Å². The average Bonchev–Trinajstić information content (AvgIpc) is 3.48. The van der Waals surface area contributed by atoms with Crippen molar-refractivity contribution >= 4 is 28.8 Å². The van der Waals surface area contributed by atoms with Crippen molar-refractivity contribution in [3.8, 4) is 17.2 Å². The third-order valence-corrected chi connectivity index (χ3v) is 6.82. The maximum absolute atomic E-state index is 13.4. The molecule has 190 valence electrons. The summed E-state index contributed by atoms with van der Waals surface area (Å²) in [5, 5.41) is 22.1. The number of rotatable bonds is 6. The van der Waals surface area contributed by atoms with E-state index in [1.165, 1.54) is 11.0 Å². The summed E-state index contributed by atoms with van der Waals surface area (Å²) in [6, 6.07) is 16.3. The largest absolute Gasteiger partial charge is 0.507 e. The summed E-state index contributed by atoms with van der Waals surface area (Å²) in [6.45, 7) is 7.69. The number of aromatic hydroxyl groups is 1. The molecule has 1 atom stereocenters. The molecule has 0 saturated carbocycles. The molecule has 2 aliphatic rings. The van der Waals surface area contributed by atoms with E-state index in [1.807, 2.05) is 31.2 Å². The van der Waals surface area contributed by atoms with Crippen molar-refractivity contribution in [1.82, 2.24) is 0 Å². The van der Waals surface area contributed by atoms with Gasteiger partial charge in [0.1, 0.15) is 11.5 Å². The fraction of sp³-hybridized carbons (Fsp3) is 0.241. The highest BCUT2D eigenvalue weighted by atomic mass is 16.7. The first-order chi connectivity index (χ1) is 17.8. The van der Waals surface area contributed by atoms with Crippen molar-refractivity contribution in [2.24, 2.45) is 0 Å². The molecule has 1 fully saturated rings. The van der Waals surface area contributed by atoms with Crippen molar-refractivity contribution in [3.63, 3.8) is 0 Å². The van der Waals surface area contributed by atoms with E-state index in [4.69, 9.17) is 9.47 Å². The molecule has 1 amide bonds. The van der Waals surface area contributed by atoms with E-state index in [9.17, 15) is 19.8 Å². The topological polar surface area (TPSA) is 99.5 Å². The molecule has 0 aromatic heterocycles. The smallest absolute Gasteiger partial charge is 0.300 e. The van der Waals surface area contributed by atoms with Gasteiger partial charge in [0.15, 0.2) is 11.5 Å². The fourth-order valence-corrected chi connectivity index (χ4v) is 4.88. The lowest BCUT2D eigenvalue weighted by Gasteiger charge is -2.27. The van der Waals surface area contributed by atoms with Crippen LogP contribution in [0.5, 0.6) is 17.2 Å². The molecule has 1 unspecified atom stereocenters. The Hall–Kier alpha value is -4.46. The fourth-order valence-electron chi connectivity index (χ4n) is 4.88. The third-order valence-electron chi connectivity index (χ3n) is 6.82. The highest BCUT2D eigenvalue weighted by Gasteiger charge is 2.47. The number of Topliss-reactive ketones (excluding diaryl/α,β-unsaturated/α-hetero) is 1. The number of amides is 1. The van der Waals surface area contributed by atoms with Gasteiger partial charge in [0.25, 0.3) is 11.7 Å². The number of anilines is 2. The second-order valence-corrected chi connectivity index (χ2v) is 8.99. The molecule has 5 rings (SSSR count). The van der Waals surface area contributed by atoms with Crippen LogP contribution in [0, 0.1) is 6.92 Å². The van der Waals surface area contributed by atoms with Crippen LogP contribution in [0.1, 0.15) is 36.6 Å². The number of aryl methyl sites for hydroxylation is 1. The Kier molecular flexibility index (Phi) is 6.25. The molecular weight excluding hydrogens is 472 g/mol. The van der Waals surface area contributed by atoms with E-state index in [1.54, 1.807) is 30.3 Å². The van der Waals surface area contributed by atoms with Crippen LogP contribution in [-0.2, 0) is 9.59 Å². The van der Waals surface area contributed by atoms with Crippen molar-refractivity contribution in [2.45, 2.75) is 26.8 Å². The number of fused-ring (bicyclic) bond motifs is 1. The van der Waals surface area contributed by atoms with Crippen LogP contribution in [0.4, 0.5) is 11.4 Å². The minimum absolute atomic E-state index is 0.0649. The highest BCUT2D eigenvalue weighted by molar-refractivity contribution is 6.52. The molecule has 0 aliphatic carbocycles. The van der Waals surface area contributed by atoms with Crippen LogP contribution in [0.3, 0.4) is 0 Å². The lowest BCUT2D eigenvalue weighted by molar-refractivity contribution is -0.132. The van der Waals surface area contributed by atoms with Gasteiger partial charge in [-0.2, -0.15) is 0 Å². The second kappa shape index (κ2) is 9.54. The van der Waals surface area contributed by atoms with Crippen molar-refractivity contribution in [1.29, 1.82) is 0 Å². The zero-order chi connectivity index (χ0) is 26.3. The van der Waals surface area contributed by atoms with E-state index < -0.39 is 17.7 Å². The third kappa shape index (κ3) is 4.14. The van der Waals surface area contributed by atoms with Gasteiger partial charge in [0.05, 0.1) is 17.3 Å². The number of benzene rings is 3. The Morgan fingerprint density at radius 2 is 1.68 bits per heavy atom. The predicted octanol–water partition coefficient (Wildman–Crippen LogP) is 4.90. The normalized spacial score (nSPS) is 17.9. The van der Waals surface area contributed by atoms with Crippen LogP contribution < -0.4 is 19.3 Å². The van der Waals surface area contributed by atoms with Crippen LogP contribution >= 0.6 is 0 Å². The highest BCUT2D eigenvalue weighted by Crippen LogP contribution is 2.46. The minimum atomic E-state index is -0.955. The quantitative estimate of drug-likeness (QED) is 0.282. The molecule has 0 spiro atoms. The molecule has 2 N–H and O–H groups in total. The van der Waals surface area contributed by atoms with E-state index in [2.05, 4.69) is 18.7 Å². The lowest BCUT2D eigenvalue weighted by atomic mass is 9.94. The SMILES string of the molecule is CCN(CC)c1ccc(C2/C(=C(/O)c3ccc4c(c3)OCO4)C(=O)C(=O)N2c2cc(C)ccc2O)cc1. The first-order valence-electron chi connectivity index (χ1n) is 12.2. The zero-order valence-electron chi connectivity index (χ0n) is 20.9. The monoisotopic (exact) mass is 500 g/mol. The standard InChI is InChI=1S/C29H28N2O6/c1-4-30(5-2)20-10-7-18(8-11-20)26-25(27(33)19-9-13-23-24(15-19)37-16-36-23)28(34)29(35)31(26)21-14-17(3)6-12-22(21)32/h6-15,26,32-33H,4-5,16H2,1-3H3/b27-25-. The first-order valence-corrected chi connectivity index (χ1v) is 12.2. The molecule has 2 aliphatic heterocycles. The molecular formula is C29H28N2O6. The minimum Gasteiger partial charge on any atom is -0.507 e. The van der Waals surface area contributed by atoms with Gasteiger partial charge in [0.2, 0.25) is 6.79 Å². The number of aliphatic hydroxyl groups excluding tert-OH is 1. The van der Waals surface area contributed by atoms with Gasteiger partial charge in [-0.25, -0.2) is 0 Å². The van der Waals surface area contributed by atoms with Gasteiger partial charge in [-0.15, -0.1) is 0 Å². The van der Waals surface area contributed by atoms with E-state index in [-0.39, 0.29) is 29.6 Å². The Morgan fingerprint density at radius 3 is 2.38 bits per heavy atom. The van der Waals surface area contributed by atoms with Gasteiger partial charge in [-0.1, -0.05) is 18.2 Å². The summed E-state index contributed by atoms with van der Waals surface area (Å²) in [7, 11) is 0. The van der Waals surface area contributed by atoms with Crippen molar-refractivity contribution in [3.05, 3.63) is 82.9 Å². The molecule has 3 aromatic rings. The number of ether oxygens (including phenoxy) is 2. The summed E-state index contributed by atoms with van der Waals surface area (Å²) in [6.07, 6.45) is 0. The first kappa shape index (κ1) is 24.2. The number of phenols is 1. The summed E-state index contributed by atoms with van der Waals surface area (Å²) >= 11 is 0. The Bertz CT molecular complexity index is 1410. The summed E-state index contributed by atoms with van der Waals surface area (Å²) in [5.41, 5.74) is 2.88. The van der Waals surface area contributed by atoms with Crippen LogP contribution in [-0.4, -0.2) is 41.8 Å². The summed E-state index contributed by atoms with van der Waals surface area (Å²) in [4.78, 5) is 30.3. The molecule has 0 radical (unpaired) electrons. The van der Waals surface area contributed by atoms with Crippen molar-refractivity contribution < 1.29 is 29.3 Å². The Balaban J connectivity index is 1.69. The van der Waals surface area contributed by atoms with Crippen molar-refractivity contribution in [2.75, 3.05) is 29.7 Å². The van der Waals surface area contributed by atoms with Gasteiger partial charge < -0.3 is 24.6 Å². The number of hydrogen-bond donors (Lipinski definition) is 2. The van der Waals surface area contributed by atoms with Gasteiger partial charge >= 0.3 is 0 Å². The second-order valence-electron chi connectivity index (χ2n) is 8.99. The number of hydrogen-bond acceptors (Lipinski definition) is 7. The molecule has 8 nitrogen and oxygen atoms in total. The van der Waals surface area contributed by atoms with E-state index in [0.717, 1.165) is 24.3 Å². The molecule has 8 heteroatoms. The molecule has 3 aromatic carbocycles. The van der Waals surface area contributed by atoms with Gasteiger partial charge in [0, 0.05) is 24.3 Å². The predicted molar refractivity (Wildman–Crippen MR) is 140 cm³/mol. The zero-order valence-corrected chi connectivity index (χ0v) is 20.9. The van der Waals surface area contributed by atoms with Crippen LogP contribution in [0.15, 0.2) is 66.2 Å². The maximum atomic E-state index is 13.4. The van der Waals surface area contributed by atoms with E-state index >= 15 is 0 Å². The van der Waals surface area contributed by atoms with Crippen LogP contribution in [0.2, 0.25) is 0 Å². The van der Waals surface area contributed by atoms with E-state index in [0.29, 0.717) is 22.6 Å². The average molecular weight is 501 g/mol. The number of nitrogens with zero attached hydrogens (tertiary/aromatic N) is 2. The lowest BCUT2D eigenvalue weighted by Crippen LogP contribution is -2.29. The molecule has 1 saturated heterocycles. The molecule has 2 heterocycles. The van der Waals surface area contributed by atoms with Crippen LogP contribution in [0.25, 0.3) is 5.76 Å². The summed E-state index contributed by atoms with van der Waals surface area (Å²) in [5.74, 6) is -1.17. The molecule has 37 heavy (non-hydrogen) atoms. The number of ketones is 1. The number of aliphatic hydroxyl groups is 1. The summed E-state index contributed by atoms with van der Waals surface area (Å²) < 4.78 is 10.8. The Morgan fingerprint density at radius 1 is 0.973 bits per heavy atom. The number of phenolic OH excluding ortho intramolecular Hbond substituents is 1. The maximum Gasteiger partial charge on any atom is 0.300 e.